The molecule has 0 radical (unpaired) electrons. The van der Waals surface area contributed by atoms with E-state index in [-0.39, 0.29) is 0 Å². The predicted octanol–water partition coefficient (Wildman–Crippen LogP) is 2.85. The number of piperidine rings is 1. The molecule has 0 amide bonds. The van der Waals surface area contributed by atoms with Crippen LogP contribution in [0.25, 0.3) is 0 Å². The minimum atomic E-state index is 0.703. The highest BCUT2D eigenvalue weighted by Gasteiger charge is 2.12. The van der Waals surface area contributed by atoms with E-state index >= 15 is 0 Å². The summed E-state index contributed by atoms with van der Waals surface area (Å²) in [5, 5.41) is 3.43. The minimum Gasteiger partial charge on any atom is -0.494 e. The summed E-state index contributed by atoms with van der Waals surface area (Å²) < 4.78 is 11.2. The van der Waals surface area contributed by atoms with Crippen LogP contribution in [0.2, 0.25) is 0 Å². The molecule has 3 heteroatoms. The maximum atomic E-state index is 5.76. The zero-order chi connectivity index (χ0) is 12.6. The maximum absolute atomic E-state index is 5.76. The lowest BCUT2D eigenvalue weighted by atomic mass is 9.97. The van der Waals surface area contributed by atoms with Gasteiger partial charge in [-0.15, -0.1) is 0 Å². The van der Waals surface area contributed by atoms with Crippen LogP contribution in [0.5, 0.6) is 11.5 Å². The largest absolute Gasteiger partial charge is 0.494 e. The molecule has 1 saturated heterocycles. The third kappa shape index (κ3) is 4.22. The molecule has 0 aliphatic carbocycles. The molecule has 0 spiro atoms. The predicted molar refractivity (Wildman–Crippen MR) is 73.3 cm³/mol. The lowest BCUT2D eigenvalue weighted by Gasteiger charge is -2.22. The smallest absolute Gasteiger partial charge is 0.119 e. The van der Waals surface area contributed by atoms with Gasteiger partial charge in [-0.05, 0) is 69.5 Å². The van der Waals surface area contributed by atoms with Crippen molar-refractivity contribution in [2.24, 2.45) is 5.92 Å². The van der Waals surface area contributed by atoms with Gasteiger partial charge in [0.05, 0.1) is 13.2 Å². The molecule has 1 N–H and O–H groups in total. The highest BCUT2D eigenvalue weighted by atomic mass is 16.5. The monoisotopic (exact) mass is 249 g/mol. The molecule has 1 aliphatic rings. The van der Waals surface area contributed by atoms with Crippen molar-refractivity contribution in [1.82, 2.24) is 5.32 Å². The van der Waals surface area contributed by atoms with Gasteiger partial charge in [-0.3, -0.25) is 0 Å². The van der Waals surface area contributed by atoms with E-state index in [1.54, 1.807) is 0 Å². The Balaban J connectivity index is 1.69. The number of rotatable bonds is 6. The van der Waals surface area contributed by atoms with Crippen LogP contribution in [0, 0.1) is 5.92 Å². The normalized spacial score (nSPS) is 19.5. The van der Waals surface area contributed by atoms with E-state index < -0.39 is 0 Å². The van der Waals surface area contributed by atoms with E-state index in [4.69, 9.17) is 9.47 Å². The number of hydrogen-bond acceptors (Lipinski definition) is 3. The van der Waals surface area contributed by atoms with Crippen LogP contribution in [-0.2, 0) is 0 Å². The second kappa shape index (κ2) is 7.27. The zero-order valence-electron chi connectivity index (χ0n) is 11.2. The fourth-order valence-electron chi connectivity index (χ4n) is 2.31. The van der Waals surface area contributed by atoms with Crippen molar-refractivity contribution < 1.29 is 9.47 Å². The molecule has 1 aromatic rings. The Hall–Kier alpha value is -1.22. The quantitative estimate of drug-likeness (QED) is 0.841. The molecular weight excluding hydrogens is 226 g/mol. The molecule has 18 heavy (non-hydrogen) atoms. The molecule has 2 rings (SSSR count). The van der Waals surface area contributed by atoms with Crippen LogP contribution >= 0.6 is 0 Å². The highest BCUT2D eigenvalue weighted by Crippen LogP contribution is 2.19. The van der Waals surface area contributed by atoms with Crippen LogP contribution in [0.15, 0.2) is 24.3 Å². The van der Waals surface area contributed by atoms with Gasteiger partial charge in [-0.1, -0.05) is 0 Å². The van der Waals surface area contributed by atoms with Crippen molar-refractivity contribution in [3.63, 3.8) is 0 Å². The molecule has 1 fully saturated rings. The van der Waals surface area contributed by atoms with E-state index in [9.17, 15) is 0 Å². The van der Waals surface area contributed by atoms with E-state index in [0.29, 0.717) is 6.61 Å². The van der Waals surface area contributed by atoms with Crippen molar-refractivity contribution in [2.75, 3.05) is 26.3 Å². The summed E-state index contributed by atoms with van der Waals surface area (Å²) in [4.78, 5) is 0. The Bertz CT molecular complexity index is 331. The first-order valence-electron chi connectivity index (χ1n) is 6.95. The number of benzene rings is 1. The van der Waals surface area contributed by atoms with Gasteiger partial charge in [-0.25, -0.2) is 0 Å². The topological polar surface area (TPSA) is 30.5 Å². The Labute approximate surface area is 109 Å². The van der Waals surface area contributed by atoms with Crippen molar-refractivity contribution in [1.29, 1.82) is 0 Å². The average Bonchev–Trinajstić information content (AvgIpc) is 2.42. The summed E-state index contributed by atoms with van der Waals surface area (Å²) in [5.74, 6) is 2.62. The van der Waals surface area contributed by atoms with Gasteiger partial charge in [0.2, 0.25) is 0 Å². The minimum absolute atomic E-state index is 0.703. The molecule has 0 bridgehead atoms. The first kappa shape index (κ1) is 13.2. The van der Waals surface area contributed by atoms with Crippen LogP contribution in [-0.4, -0.2) is 26.3 Å². The highest BCUT2D eigenvalue weighted by molar-refractivity contribution is 5.31. The fourth-order valence-corrected chi connectivity index (χ4v) is 2.31. The van der Waals surface area contributed by atoms with Gasteiger partial charge in [0.25, 0.3) is 0 Å². The first-order chi connectivity index (χ1) is 8.88. The van der Waals surface area contributed by atoms with Crippen LogP contribution < -0.4 is 14.8 Å². The summed E-state index contributed by atoms with van der Waals surface area (Å²) in [6.07, 6.45) is 3.77. The molecule has 1 heterocycles. The molecule has 1 atom stereocenters. The number of nitrogens with one attached hydrogen (secondary N) is 1. The van der Waals surface area contributed by atoms with E-state index in [1.807, 2.05) is 31.2 Å². The van der Waals surface area contributed by atoms with Crippen molar-refractivity contribution >= 4 is 0 Å². The Kier molecular flexibility index (Phi) is 5.34. The maximum Gasteiger partial charge on any atom is 0.119 e. The molecule has 0 unspecified atom stereocenters. The van der Waals surface area contributed by atoms with Crippen molar-refractivity contribution in [3.05, 3.63) is 24.3 Å². The van der Waals surface area contributed by atoms with Crippen molar-refractivity contribution in [2.45, 2.75) is 26.2 Å². The van der Waals surface area contributed by atoms with Crippen LogP contribution in [0.3, 0.4) is 0 Å². The van der Waals surface area contributed by atoms with E-state index in [2.05, 4.69) is 5.32 Å². The lowest BCUT2D eigenvalue weighted by molar-refractivity contribution is 0.253. The molecule has 3 nitrogen and oxygen atoms in total. The third-order valence-electron chi connectivity index (χ3n) is 3.33. The van der Waals surface area contributed by atoms with Gasteiger partial charge in [-0.2, -0.15) is 0 Å². The lowest BCUT2D eigenvalue weighted by Crippen LogP contribution is -2.30. The second-order valence-electron chi connectivity index (χ2n) is 4.75. The number of ether oxygens (including phenoxy) is 2. The summed E-state index contributed by atoms with van der Waals surface area (Å²) in [5.41, 5.74) is 0. The molecule has 100 valence electrons. The second-order valence-corrected chi connectivity index (χ2v) is 4.75. The van der Waals surface area contributed by atoms with Crippen LogP contribution in [0.1, 0.15) is 26.2 Å². The van der Waals surface area contributed by atoms with Gasteiger partial charge < -0.3 is 14.8 Å². The van der Waals surface area contributed by atoms with Gasteiger partial charge in [0.1, 0.15) is 11.5 Å². The molecule has 1 aromatic carbocycles. The molecular formula is C15H23NO2. The van der Waals surface area contributed by atoms with Gasteiger partial charge in [0, 0.05) is 0 Å². The van der Waals surface area contributed by atoms with Crippen molar-refractivity contribution in [3.8, 4) is 11.5 Å². The molecule has 1 aliphatic heterocycles. The Morgan fingerprint density at radius 1 is 1.17 bits per heavy atom. The third-order valence-corrected chi connectivity index (χ3v) is 3.33. The molecule has 0 saturated carbocycles. The van der Waals surface area contributed by atoms with E-state index in [1.165, 1.54) is 19.4 Å². The summed E-state index contributed by atoms with van der Waals surface area (Å²) in [7, 11) is 0. The SMILES string of the molecule is CCOc1ccc(OCC[C@@H]2CCCNC2)cc1. The summed E-state index contributed by atoms with van der Waals surface area (Å²) >= 11 is 0. The molecule has 0 aromatic heterocycles. The Morgan fingerprint density at radius 2 is 1.89 bits per heavy atom. The fraction of sp³-hybridized carbons (Fsp3) is 0.600. The summed E-state index contributed by atoms with van der Waals surface area (Å²) in [6, 6.07) is 7.87. The standard InChI is InChI=1S/C15H23NO2/c1-2-17-14-5-7-15(8-6-14)18-11-9-13-4-3-10-16-12-13/h5-8,13,16H,2-4,9-12H2,1H3/t13-/m0/s1. The van der Waals surface area contributed by atoms with E-state index in [0.717, 1.165) is 37.0 Å². The first-order valence-corrected chi connectivity index (χ1v) is 6.95. The summed E-state index contributed by atoms with van der Waals surface area (Å²) in [6.45, 7) is 5.82. The van der Waals surface area contributed by atoms with Crippen LogP contribution in [0.4, 0.5) is 0 Å². The van der Waals surface area contributed by atoms with Gasteiger partial charge >= 0.3 is 0 Å². The zero-order valence-corrected chi connectivity index (χ0v) is 11.2. The Morgan fingerprint density at radius 3 is 2.50 bits per heavy atom. The average molecular weight is 249 g/mol. The van der Waals surface area contributed by atoms with Gasteiger partial charge in [0.15, 0.2) is 0 Å². The number of hydrogen-bond donors (Lipinski definition) is 1.